The SMILES string of the molecule is CC(C)N1CCC(NC(C)C2(C)CC2)CC1. The van der Waals surface area contributed by atoms with Gasteiger partial charge in [0, 0.05) is 18.1 Å². The molecule has 1 saturated heterocycles. The zero-order valence-electron chi connectivity index (χ0n) is 11.4. The molecule has 94 valence electrons. The Morgan fingerprint density at radius 3 is 2.12 bits per heavy atom. The highest BCUT2D eigenvalue weighted by Crippen LogP contribution is 2.48. The minimum absolute atomic E-state index is 0.620. The van der Waals surface area contributed by atoms with Crippen LogP contribution in [-0.4, -0.2) is 36.1 Å². The van der Waals surface area contributed by atoms with E-state index in [1.807, 2.05) is 0 Å². The minimum atomic E-state index is 0.620. The molecule has 1 saturated carbocycles. The van der Waals surface area contributed by atoms with Crippen molar-refractivity contribution in [1.82, 2.24) is 10.2 Å². The molecule has 1 heterocycles. The van der Waals surface area contributed by atoms with E-state index >= 15 is 0 Å². The molecular weight excluding hydrogens is 196 g/mol. The number of piperidine rings is 1. The molecule has 0 spiro atoms. The first-order valence-corrected chi connectivity index (χ1v) is 7.01. The van der Waals surface area contributed by atoms with Crippen molar-refractivity contribution in [3.8, 4) is 0 Å². The Labute approximate surface area is 101 Å². The van der Waals surface area contributed by atoms with E-state index in [1.54, 1.807) is 0 Å². The minimum Gasteiger partial charge on any atom is -0.311 e. The molecule has 0 aromatic heterocycles. The van der Waals surface area contributed by atoms with Crippen molar-refractivity contribution in [2.75, 3.05) is 13.1 Å². The zero-order valence-corrected chi connectivity index (χ0v) is 11.4. The average Bonchev–Trinajstić information content (AvgIpc) is 2.99. The molecular formula is C14H28N2. The number of nitrogens with zero attached hydrogens (tertiary/aromatic N) is 1. The fraction of sp³-hybridized carbons (Fsp3) is 1.00. The maximum Gasteiger partial charge on any atom is 0.00951 e. The molecule has 0 radical (unpaired) electrons. The van der Waals surface area contributed by atoms with E-state index in [-0.39, 0.29) is 0 Å². The van der Waals surface area contributed by atoms with Crippen molar-refractivity contribution in [2.24, 2.45) is 5.41 Å². The fourth-order valence-electron chi connectivity index (χ4n) is 2.77. The molecule has 0 aromatic carbocycles. The quantitative estimate of drug-likeness (QED) is 0.790. The lowest BCUT2D eigenvalue weighted by Crippen LogP contribution is -2.48. The van der Waals surface area contributed by atoms with Crippen molar-refractivity contribution in [3.05, 3.63) is 0 Å². The van der Waals surface area contributed by atoms with Gasteiger partial charge in [-0.25, -0.2) is 0 Å². The van der Waals surface area contributed by atoms with Crippen LogP contribution in [0.3, 0.4) is 0 Å². The summed E-state index contributed by atoms with van der Waals surface area (Å²) >= 11 is 0. The number of nitrogens with one attached hydrogen (secondary N) is 1. The Balaban J connectivity index is 1.73. The van der Waals surface area contributed by atoms with E-state index in [9.17, 15) is 0 Å². The van der Waals surface area contributed by atoms with E-state index in [1.165, 1.54) is 38.8 Å². The number of likely N-dealkylation sites (tertiary alicyclic amines) is 1. The Kier molecular flexibility index (Phi) is 3.60. The molecule has 2 nitrogen and oxygen atoms in total. The Morgan fingerprint density at radius 2 is 1.69 bits per heavy atom. The molecule has 16 heavy (non-hydrogen) atoms. The first-order valence-electron chi connectivity index (χ1n) is 7.01. The van der Waals surface area contributed by atoms with Gasteiger partial charge in [0.1, 0.15) is 0 Å². The molecule has 0 aromatic rings. The monoisotopic (exact) mass is 224 g/mol. The summed E-state index contributed by atoms with van der Waals surface area (Å²) in [6, 6.07) is 2.20. The second kappa shape index (κ2) is 4.66. The number of hydrogen-bond acceptors (Lipinski definition) is 2. The van der Waals surface area contributed by atoms with Gasteiger partial charge in [-0.15, -0.1) is 0 Å². The molecule has 0 amide bonds. The van der Waals surface area contributed by atoms with Gasteiger partial charge in [0.05, 0.1) is 0 Å². The summed E-state index contributed by atoms with van der Waals surface area (Å²) in [7, 11) is 0. The normalized spacial score (nSPS) is 28.3. The van der Waals surface area contributed by atoms with Gasteiger partial charge in [-0.3, -0.25) is 0 Å². The van der Waals surface area contributed by atoms with Gasteiger partial charge in [0.15, 0.2) is 0 Å². The first-order chi connectivity index (χ1) is 7.51. The van der Waals surface area contributed by atoms with E-state index < -0.39 is 0 Å². The van der Waals surface area contributed by atoms with E-state index in [0.29, 0.717) is 11.5 Å². The highest BCUT2D eigenvalue weighted by molar-refractivity contribution is 4.98. The van der Waals surface area contributed by atoms with Crippen molar-refractivity contribution < 1.29 is 0 Å². The van der Waals surface area contributed by atoms with Crippen LogP contribution >= 0.6 is 0 Å². The largest absolute Gasteiger partial charge is 0.311 e. The van der Waals surface area contributed by atoms with Gasteiger partial charge in [0.2, 0.25) is 0 Å². The first kappa shape index (κ1) is 12.4. The van der Waals surface area contributed by atoms with Crippen LogP contribution in [0.5, 0.6) is 0 Å². The van der Waals surface area contributed by atoms with Gasteiger partial charge in [-0.05, 0) is 65.0 Å². The van der Waals surface area contributed by atoms with Crippen LogP contribution in [-0.2, 0) is 0 Å². The fourth-order valence-corrected chi connectivity index (χ4v) is 2.77. The van der Waals surface area contributed by atoms with Crippen molar-refractivity contribution >= 4 is 0 Å². The molecule has 2 heteroatoms. The Hall–Kier alpha value is -0.0800. The summed E-state index contributed by atoms with van der Waals surface area (Å²) in [4.78, 5) is 2.60. The molecule has 2 aliphatic rings. The maximum absolute atomic E-state index is 3.85. The van der Waals surface area contributed by atoms with Crippen LogP contribution in [0.2, 0.25) is 0 Å². The van der Waals surface area contributed by atoms with E-state index in [2.05, 4.69) is 37.9 Å². The van der Waals surface area contributed by atoms with E-state index in [0.717, 1.165) is 12.1 Å². The Bertz CT molecular complexity index is 225. The third kappa shape index (κ3) is 2.78. The van der Waals surface area contributed by atoms with Gasteiger partial charge in [0.25, 0.3) is 0 Å². The average molecular weight is 224 g/mol. The predicted molar refractivity (Wildman–Crippen MR) is 69.7 cm³/mol. The molecule has 1 aliphatic heterocycles. The lowest BCUT2D eigenvalue weighted by Gasteiger charge is -2.37. The molecule has 2 rings (SSSR count). The third-order valence-electron chi connectivity index (χ3n) is 4.83. The zero-order chi connectivity index (χ0) is 11.8. The van der Waals surface area contributed by atoms with Crippen LogP contribution in [0.15, 0.2) is 0 Å². The molecule has 1 aliphatic carbocycles. The van der Waals surface area contributed by atoms with Gasteiger partial charge >= 0.3 is 0 Å². The van der Waals surface area contributed by atoms with Crippen molar-refractivity contribution in [1.29, 1.82) is 0 Å². The van der Waals surface area contributed by atoms with Crippen LogP contribution in [0, 0.1) is 5.41 Å². The standard InChI is InChI=1S/C14H28N2/c1-11(2)16-9-5-13(6-10-16)15-12(3)14(4)7-8-14/h11-13,15H,5-10H2,1-4H3. The second-order valence-corrected chi connectivity index (χ2v) is 6.45. The second-order valence-electron chi connectivity index (χ2n) is 6.45. The van der Waals surface area contributed by atoms with Crippen molar-refractivity contribution in [3.63, 3.8) is 0 Å². The third-order valence-corrected chi connectivity index (χ3v) is 4.83. The molecule has 0 bridgehead atoms. The van der Waals surface area contributed by atoms with Gasteiger partial charge in [-0.2, -0.15) is 0 Å². The summed E-state index contributed by atoms with van der Waals surface area (Å²) in [5.41, 5.74) is 0.620. The highest BCUT2D eigenvalue weighted by atomic mass is 15.2. The summed E-state index contributed by atoms with van der Waals surface area (Å²) in [5, 5.41) is 3.85. The van der Waals surface area contributed by atoms with Crippen LogP contribution in [0.4, 0.5) is 0 Å². The maximum atomic E-state index is 3.85. The molecule has 2 fully saturated rings. The number of hydrogen-bond donors (Lipinski definition) is 1. The molecule has 1 unspecified atom stereocenters. The predicted octanol–water partition coefficient (Wildman–Crippen LogP) is 2.64. The smallest absolute Gasteiger partial charge is 0.00951 e. The summed E-state index contributed by atoms with van der Waals surface area (Å²) in [6.45, 7) is 12.0. The topological polar surface area (TPSA) is 15.3 Å². The summed E-state index contributed by atoms with van der Waals surface area (Å²) in [5.74, 6) is 0. The van der Waals surface area contributed by atoms with Gasteiger partial charge in [-0.1, -0.05) is 6.92 Å². The van der Waals surface area contributed by atoms with Crippen LogP contribution < -0.4 is 5.32 Å². The highest BCUT2D eigenvalue weighted by Gasteiger charge is 2.43. The number of rotatable bonds is 4. The Morgan fingerprint density at radius 1 is 1.12 bits per heavy atom. The van der Waals surface area contributed by atoms with Crippen LogP contribution in [0.25, 0.3) is 0 Å². The van der Waals surface area contributed by atoms with Crippen molar-refractivity contribution in [2.45, 2.75) is 71.5 Å². The summed E-state index contributed by atoms with van der Waals surface area (Å²) < 4.78 is 0. The molecule has 1 N–H and O–H groups in total. The lowest BCUT2D eigenvalue weighted by atomic mass is 9.97. The lowest BCUT2D eigenvalue weighted by molar-refractivity contribution is 0.151. The van der Waals surface area contributed by atoms with Crippen LogP contribution in [0.1, 0.15) is 53.4 Å². The molecule has 1 atom stereocenters. The summed E-state index contributed by atoms with van der Waals surface area (Å²) in [6.07, 6.45) is 5.51. The van der Waals surface area contributed by atoms with E-state index in [4.69, 9.17) is 0 Å². The van der Waals surface area contributed by atoms with Gasteiger partial charge < -0.3 is 10.2 Å².